The number of amidine groups is 1. The van der Waals surface area contributed by atoms with Crippen LogP contribution in [0.5, 0.6) is 0 Å². The van der Waals surface area contributed by atoms with E-state index in [4.69, 9.17) is 15.7 Å². The van der Waals surface area contributed by atoms with E-state index in [1.807, 2.05) is 0 Å². The summed E-state index contributed by atoms with van der Waals surface area (Å²) >= 11 is 0. The number of hydrogen-bond donors (Lipinski definition) is 3. The summed E-state index contributed by atoms with van der Waals surface area (Å²) in [4.78, 5) is 0. The fraction of sp³-hybridized carbons (Fsp3) is 0.462. The maximum Gasteiger partial charge on any atom is 0.170 e. The van der Waals surface area contributed by atoms with Crippen molar-refractivity contribution in [3.63, 3.8) is 0 Å². The van der Waals surface area contributed by atoms with Crippen molar-refractivity contribution in [2.24, 2.45) is 10.9 Å². The predicted molar refractivity (Wildman–Crippen MR) is 69.6 cm³/mol. The fourth-order valence-corrected chi connectivity index (χ4v) is 2.06. The van der Waals surface area contributed by atoms with Gasteiger partial charge in [0.2, 0.25) is 0 Å². The Morgan fingerprint density at radius 3 is 2.84 bits per heavy atom. The smallest absolute Gasteiger partial charge is 0.170 e. The molecular weight excluding hydrogens is 249 g/mol. The van der Waals surface area contributed by atoms with Gasteiger partial charge in [-0.1, -0.05) is 17.3 Å². The highest BCUT2D eigenvalue weighted by Crippen LogP contribution is 2.12. The maximum atomic E-state index is 13.8. The molecule has 6 heteroatoms. The Kier molecular flexibility index (Phi) is 4.70. The van der Waals surface area contributed by atoms with Gasteiger partial charge < -0.3 is 21.0 Å². The van der Waals surface area contributed by atoms with Gasteiger partial charge in [0.25, 0.3) is 0 Å². The van der Waals surface area contributed by atoms with Gasteiger partial charge in [-0.05, 0) is 18.9 Å². The maximum absolute atomic E-state index is 13.8. The zero-order chi connectivity index (χ0) is 13.7. The van der Waals surface area contributed by atoms with Crippen LogP contribution in [-0.4, -0.2) is 30.3 Å². The van der Waals surface area contributed by atoms with Gasteiger partial charge in [0, 0.05) is 36.9 Å². The Hall–Kier alpha value is -1.66. The molecule has 0 bridgehead atoms. The summed E-state index contributed by atoms with van der Waals surface area (Å²) in [6.45, 7) is 1.97. The zero-order valence-electron chi connectivity index (χ0n) is 10.6. The van der Waals surface area contributed by atoms with Crippen molar-refractivity contribution >= 4 is 5.84 Å². The molecule has 19 heavy (non-hydrogen) atoms. The zero-order valence-corrected chi connectivity index (χ0v) is 10.6. The molecular formula is C13H18FN3O2. The largest absolute Gasteiger partial charge is 0.409 e. The van der Waals surface area contributed by atoms with Gasteiger partial charge >= 0.3 is 0 Å². The normalized spacial score (nSPS) is 17.6. The molecule has 5 nitrogen and oxygen atoms in total. The van der Waals surface area contributed by atoms with Crippen molar-refractivity contribution in [2.45, 2.75) is 25.4 Å². The minimum Gasteiger partial charge on any atom is -0.409 e. The lowest BCUT2D eigenvalue weighted by Gasteiger charge is -2.23. The first-order valence-corrected chi connectivity index (χ1v) is 6.28. The number of nitrogens with two attached hydrogens (primary N) is 1. The second-order valence-electron chi connectivity index (χ2n) is 4.56. The van der Waals surface area contributed by atoms with Crippen LogP contribution in [0.15, 0.2) is 23.4 Å². The minimum atomic E-state index is -0.358. The van der Waals surface area contributed by atoms with Gasteiger partial charge in [0.15, 0.2) is 5.84 Å². The summed E-state index contributed by atoms with van der Waals surface area (Å²) in [5.41, 5.74) is 6.35. The molecule has 2 rings (SSSR count). The fourth-order valence-electron chi connectivity index (χ4n) is 2.06. The molecule has 104 valence electrons. The SMILES string of the molecule is NC(=NO)c1ccc(CNC2CCOCC2)c(F)c1. The summed E-state index contributed by atoms with van der Waals surface area (Å²) in [6, 6.07) is 4.93. The van der Waals surface area contributed by atoms with E-state index in [0.29, 0.717) is 23.7 Å². The molecule has 0 unspecified atom stereocenters. The van der Waals surface area contributed by atoms with Gasteiger partial charge in [-0.15, -0.1) is 0 Å². The van der Waals surface area contributed by atoms with Crippen LogP contribution in [0.3, 0.4) is 0 Å². The van der Waals surface area contributed by atoms with Crippen LogP contribution in [0.2, 0.25) is 0 Å². The summed E-state index contributed by atoms with van der Waals surface area (Å²) in [6.07, 6.45) is 1.90. The van der Waals surface area contributed by atoms with E-state index in [1.54, 1.807) is 12.1 Å². The van der Waals surface area contributed by atoms with Crippen molar-refractivity contribution in [3.05, 3.63) is 35.1 Å². The summed E-state index contributed by atoms with van der Waals surface area (Å²) in [5.74, 6) is -0.452. The predicted octanol–water partition coefficient (Wildman–Crippen LogP) is 1.19. The second-order valence-corrected chi connectivity index (χ2v) is 4.56. The van der Waals surface area contributed by atoms with E-state index >= 15 is 0 Å². The van der Waals surface area contributed by atoms with Crippen molar-refractivity contribution in [3.8, 4) is 0 Å². The molecule has 1 heterocycles. The molecule has 1 aromatic carbocycles. The van der Waals surface area contributed by atoms with Crippen LogP contribution in [0, 0.1) is 5.82 Å². The molecule has 0 aliphatic carbocycles. The van der Waals surface area contributed by atoms with Crippen LogP contribution in [0.4, 0.5) is 4.39 Å². The van der Waals surface area contributed by atoms with Crippen LogP contribution >= 0.6 is 0 Å². The van der Waals surface area contributed by atoms with Gasteiger partial charge in [-0.2, -0.15) is 0 Å². The number of nitrogens with one attached hydrogen (secondary N) is 1. The minimum absolute atomic E-state index is 0.0946. The van der Waals surface area contributed by atoms with Crippen LogP contribution in [0.1, 0.15) is 24.0 Å². The number of benzene rings is 1. The van der Waals surface area contributed by atoms with E-state index in [9.17, 15) is 4.39 Å². The molecule has 1 aromatic rings. The summed E-state index contributed by atoms with van der Waals surface area (Å²) in [7, 11) is 0. The van der Waals surface area contributed by atoms with Crippen LogP contribution in [0.25, 0.3) is 0 Å². The van der Waals surface area contributed by atoms with Crippen molar-refractivity contribution in [1.29, 1.82) is 0 Å². The molecule has 1 fully saturated rings. The Balaban J connectivity index is 1.97. The highest BCUT2D eigenvalue weighted by atomic mass is 19.1. The molecule has 4 N–H and O–H groups in total. The topological polar surface area (TPSA) is 79.9 Å². The third kappa shape index (κ3) is 3.65. The van der Waals surface area contributed by atoms with E-state index in [-0.39, 0.29) is 11.7 Å². The van der Waals surface area contributed by atoms with Gasteiger partial charge in [-0.25, -0.2) is 4.39 Å². The average Bonchev–Trinajstić information content (AvgIpc) is 2.46. The van der Waals surface area contributed by atoms with Gasteiger partial charge in [-0.3, -0.25) is 0 Å². The molecule has 1 saturated heterocycles. The summed E-state index contributed by atoms with van der Waals surface area (Å²) < 4.78 is 19.1. The third-order valence-electron chi connectivity index (χ3n) is 3.26. The standard InChI is InChI=1S/C13H18FN3O2/c14-12-7-9(13(15)17-18)1-2-10(12)8-16-11-3-5-19-6-4-11/h1-2,7,11,16,18H,3-6,8H2,(H2,15,17). The number of halogens is 1. The highest BCUT2D eigenvalue weighted by Gasteiger charge is 2.14. The first-order chi connectivity index (χ1) is 9.20. The van der Waals surface area contributed by atoms with E-state index in [2.05, 4.69) is 10.5 Å². The van der Waals surface area contributed by atoms with Crippen LogP contribution in [-0.2, 0) is 11.3 Å². The Morgan fingerprint density at radius 2 is 2.21 bits per heavy atom. The Bertz CT molecular complexity index is 459. The van der Waals surface area contributed by atoms with E-state index < -0.39 is 0 Å². The molecule has 0 aromatic heterocycles. The molecule has 1 aliphatic rings. The first-order valence-electron chi connectivity index (χ1n) is 6.28. The van der Waals surface area contributed by atoms with Crippen molar-refractivity contribution in [2.75, 3.05) is 13.2 Å². The quantitative estimate of drug-likeness (QED) is 0.331. The molecule has 1 aliphatic heterocycles. The molecule has 0 spiro atoms. The number of ether oxygens (including phenoxy) is 1. The lowest BCUT2D eigenvalue weighted by Crippen LogP contribution is -2.34. The highest BCUT2D eigenvalue weighted by molar-refractivity contribution is 5.97. The first kappa shape index (κ1) is 13.8. The van der Waals surface area contributed by atoms with E-state index in [1.165, 1.54) is 6.07 Å². The lowest BCUT2D eigenvalue weighted by molar-refractivity contribution is 0.0775. The molecule has 0 saturated carbocycles. The van der Waals surface area contributed by atoms with E-state index in [0.717, 1.165) is 26.1 Å². The Morgan fingerprint density at radius 1 is 1.47 bits per heavy atom. The number of hydrogen-bond acceptors (Lipinski definition) is 4. The van der Waals surface area contributed by atoms with Crippen molar-refractivity contribution in [1.82, 2.24) is 5.32 Å². The molecule has 0 atom stereocenters. The third-order valence-corrected chi connectivity index (χ3v) is 3.26. The average molecular weight is 267 g/mol. The molecule has 0 radical (unpaired) electrons. The monoisotopic (exact) mass is 267 g/mol. The van der Waals surface area contributed by atoms with Crippen LogP contribution < -0.4 is 11.1 Å². The van der Waals surface area contributed by atoms with Gasteiger partial charge in [0.1, 0.15) is 5.82 Å². The lowest BCUT2D eigenvalue weighted by atomic mass is 10.1. The number of rotatable bonds is 4. The number of oxime groups is 1. The Labute approximate surface area is 111 Å². The number of nitrogens with zero attached hydrogens (tertiary/aromatic N) is 1. The summed E-state index contributed by atoms with van der Waals surface area (Å²) in [5, 5.41) is 14.7. The van der Waals surface area contributed by atoms with Gasteiger partial charge in [0.05, 0.1) is 0 Å². The second kappa shape index (κ2) is 6.49. The molecule has 0 amide bonds. The van der Waals surface area contributed by atoms with Crippen molar-refractivity contribution < 1.29 is 14.3 Å².